The molecular weight excluding hydrogens is 350 g/mol. The molecule has 0 aromatic heterocycles. The molecule has 1 aliphatic rings. The van der Waals surface area contributed by atoms with Crippen LogP contribution in [-0.4, -0.2) is 29.8 Å². The van der Waals surface area contributed by atoms with Crippen molar-refractivity contribution in [3.05, 3.63) is 64.7 Å². The lowest BCUT2D eigenvalue weighted by Crippen LogP contribution is -2.41. The average molecular weight is 372 g/mol. The number of carbonyl (C=O) groups excluding carboxylic acids is 2. The molecule has 3 rings (SSSR count). The quantitative estimate of drug-likeness (QED) is 0.883. The molecule has 2 amide bonds. The van der Waals surface area contributed by atoms with E-state index in [2.05, 4.69) is 5.32 Å². The number of anilines is 1. The van der Waals surface area contributed by atoms with Gasteiger partial charge in [-0.3, -0.25) is 9.59 Å². The Morgan fingerprint density at radius 3 is 2.37 bits per heavy atom. The predicted octanol–water partition coefficient (Wildman–Crippen LogP) is 4.07. The topological polar surface area (TPSA) is 49.4 Å². The van der Waals surface area contributed by atoms with Crippen LogP contribution >= 0.6 is 0 Å². The first-order valence-corrected chi connectivity index (χ1v) is 8.97. The van der Waals surface area contributed by atoms with E-state index in [1.807, 2.05) is 32.0 Å². The Kier molecular flexibility index (Phi) is 5.54. The van der Waals surface area contributed by atoms with E-state index in [1.165, 1.54) is 4.90 Å². The number of hydrogen-bond acceptors (Lipinski definition) is 2. The summed E-state index contributed by atoms with van der Waals surface area (Å²) in [7, 11) is 0. The first-order chi connectivity index (χ1) is 12.8. The van der Waals surface area contributed by atoms with Crippen molar-refractivity contribution in [2.45, 2.75) is 26.7 Å². The molecule has 6 heteroatoms. The van der Waals surface area contributed by atoms with Gasteiger partial charge in [-0.2, -0.15) is 0 Å². The Morgan fingerprint density at radius 1 is 1.04 bits per heavy atom. The zero-order valence-electron chi connectivity index (χ0n) is 15.4. The van der Waals surface area contributed by atoms with E-state index < -0.39 is 17.5 Å². The minimum Gasteiger partial charge on any atom is -0.339 e. The number of aryl methyl sites for hydroxylation is 2. The molecule has 1 N–H and O–H groups in total. The maximum Gasteiger partial charge on any atom is 0.256 e. The second kappa shape index (κ2) is 7.86. The van der Waals surface area contributed by atoms with Gasteiger partial charge in [0.15, 0.2) is 0 Å². The Hall–Kier alpha value is -2.76. The van der Waals surface area contributed by atoms with Gasteiger partial charge in [-0.15, -0.1) is 0 Å². The van der Waals surface area contributed by atoms with E-state index >= 15 is 0 Å². The Morgan fingerprint density at radius 2 is 1.74 bits per heavy atom. The fourth-order valence-corrected chi connectivity index (χ4v) is 3.37. The fraction of sp³-hybridized carbons (Fsp3) is 0.333. The standard InChI is InChI=1S/C21H22F2N2O2/c1-13-3-6-19(14(2)11-13)24-20(26)15-7-9-25(10-8-15)21(27)17-5-4-16(22)12-18(17)23/h3-6,11-12,15H,7-10H2,1-2H3,(H,24,26). The Balaban J connectivity index is 1.59. The van der Waals surface area contributed by atoms with Crippen LogP contribution in [0, 0.1) is 31.4 Å². The molecule has 0 radical (unpaired) electrons. The summed E-state index contributed by atoms with van der Waals surface area (Å²) < 4.78 is 26.8. The van der Waals surface area contributed by atoms with Gasteiger partial charge in [0.05, 0.1) is 5.56 Å². The van der Waals surface area contributed by atoms with Crippen LogP contribution in [0.3, 0.4) is 0 Å². The molecule has 1 aliphatic heterocycles. The van der Waals surface area contributed by atoms with Crippen LogP contribution in [0.4, 0.5) is 14.5 Å². The molecule has 0 unspecified atom stereocenters. The van der Waals surface area contributed by atoms with Crippen LogP contribution in [0.5, 0.6) is 0 Å². The molecule has 0 atom stereocenters. The van der Waals surface area contributed by atoms with Gasteiger partial charge in [0, 0.05) is 30.8 Å². The average Bonchev–Trinajstić information content (AvgIpc) is 2.63. The number of likely N-dealkylation sites (tertiary alicyclic amines) is 1. The lowest BCUT2D eigenvalue weighted by Gasteiger charge is -2.31. The van der Waals surface area contributed by atoms with Crippen LogP contribution < -0.4 is 5.32 Å². The van der Waals surface area contributed by atoms with Gasteiger partial charge in [0.2, 0.25) is 5.91 Å². The van der Waals surface area contributed by atoms with Crippen molar-refractivity contribution in [2.75, 3.05) is 18.4 Å². The van der Waals surface area contributed by atoms with Crippen LogP contribution in [-0.2, 0) is 4.79 Å². The normalized spacial score (nSPS) is 14.9. The summed E-state index contributed by atoms with van der Waals surface area (Å²) in [6, 6.07) is 8.78. The molecular formula is C21H22F2N2O2. The summed E-state index contributed by atoms with van der Waals surface area (Å²) in [6.45, 7) is 4.66. The summed E-state index contributed by atoms with van der Waals surface area (Å²) in [4.78, 5) is 26.5. The molecule has 1 saturated heterocycles. The van der Waals surface area contributed by atoms with Gasteiger partial charge < -0.3 is 10.2 Å². The number of nitrogens with one attached hydrogen (secondary N) is 1. The zero-order valence-corrected chi connectivity index (χ0v) is 15.4. The lowest BCUT2D eigenvalue weighted by molar-refractivity contribution is -0.121. The van der Waals surface area contributed by atoms with Crippen molar-refractivity contribution in [1.29, 1.82) is 0 Å². The second-order valence-electron chi connectivity index (χ2n) is 7.00. The summed E-state index contributed by atoms with van der Waals surface area (Å²) in [5.74, 6) is -2.32. The SMILES string of the molecule is Cc1ccc(NC(=O)C2CCN(C(=O)c3ccc(F)cc3F)CC2)c(C)c1. The third-order valence-corrected chi connectivity index (χ3v) is 4.95. The third-order valence-electron chi connectivity index (χ3n) is 4.95. The molecule has 0 saturated carbocycles. The summed E-state index contributed by atoms with van der Waals surface area (Å²) in [6.07, 6.45) is 1.01. The van der Waals surface area contributed by atoms with Crippen molar-refractivity contribution in [3.63, 3.8) is 0 Å². The number of piperidine rings is 1. The molecule has 0 aliphatic carbocycles. The van der Waals surface area contributed by atoms with E-state index in [-0.39, 0.29) is 17.4 Å². The first kappa shape index (κ1) is 19.0. The zero-order chi connectivity index (χ0) is 19.6. The van der Waals surface area contributed by atoms with Gasteiger partial charge in [0.1, 0.15) is 11.6 Å². The number of hydrogen-bond donors (Lipinski definition) is 1. The summed E-state index contributed by atoms with van der Waals surface area (Å²) in [5, 5.41) is 2.95. The summed E-state index contributed by atoms with van der Waals surface area (Å²) in [5.41, 5.74) is 2.78. The second-order valence-corrected chi connectivity index (χ2v) is 7.00. The van der Waals surface area contributed by atoms with Crippen LogP contribution in [0.1, 0.15) is 34.3 Å². The van der Waals surface area contributed by atoms with Crippen molar-refractivity contribution in [3.8, 4) is 0 Å². The monoisotopic (exact) mass is 372 g/mol. The highest BCUT2D eigenvalue weighted by molar-refractivity contribution is 5.95. The van der Waals surface area contributed by atoms with E-state index in [1.54, 1.807) is 0 Å². The van der Waals surface area contributed by atoms with Gasteiger partial charge in [-0.25, -0.2) is 8.78 Å². The van der Waals surface area contributed by atoms with Crippen molar-refractivity contribution in [2.24, 2.45) is 5.92 Å². The van der Waals surface area contributed by atoms with Gasteiger partial charge in [0.25, 0.3) is 5.91 Å². The number of carbonyl (C=O) groups is 2. The van der Waals surface area contributed by atoms with Gasteiger partial charge in [-0.1, -0.05) is 17.7 Å². The number of halogens is 2. The Labute approximate surface area is 157 Å². The molecule has 0 bridgehead atoms. The maximum atomic E-state index is 13.8. The number of nitrogens with zero attached hydrogens (tertiary/aromatic N) is 1. The van der Waals surface area contributed by atoms with Crippen molar-refractivity contribution in [1.82, 2.24) is 4.90 Å². The molecule has 4 nitrogen and oxygen atoms in total. The van der Waals surface area contributed by atoms with Crippen LogP contribution in [0.15, 0.2) is 36.4 Å². The number of amides is 2. The highest BCUT2D eigenvalue weighted by atomic mass is 19.1. The van der Waals surface area contributed by atoms with Crippen LogP contribution in [0.25, 0.3) is 0 Å². The van der Waals surface area contributed by atoms with Crippen molar-refractivity contribution < 1.29 is 18.4 Å². The van der Waals surface area contributed by atoms with Crippen LogP contribution in [0.2, 0.25) is 0 Å². The van der Waals surface area contributed by atoms with E-state index in [9.17, 15) is 18.4 Å². The number of benzene rings is 2. The number of rotatable bonds is 3. The molecule has 2 aromatic carbocycles. The predicted molar refractivity (Wildman–Crippen MR) is 99.5 cm³/mol. The minimum absolute atomic E-state index is 0.0676. The van der Waals surface area contributed by atoms with Gasteiger partial charge in [-0.05, 0) is 50.5 Å². The lowest BCUT2D eigenvalue weighted by atomic mass is 9.95. The molecule has 142 valence electrons. The Bertz CT molecular complexity index is 874. The summed E-state index contributed by atoms with van der Waals surface area (Å²) >= 11 is 0. The smallest absolute Gasteiger partial charge is 0.256 e. The largest absolute Gasteiger partial charge is 0.339 e. The minimum atomic E-state index is -0.866. The van der Waals surface area contributed by atoms with Gasteiger partial charge >= 0.3 is 0 Å². The molecule has 1 heterocycles. The fourth-order valence-electron chi connectivity index (χ4n) is 3.37. The van der Waals surface area contributed by atoms with E-state index in [0.29, 0.717) is 32.0 Å². The molecule has 1 fully saturated rings. The first-order valence-electron chi connectivity index (χ1n) is 8.97. The molecule has 0 spiro atoms. The third kappa shape index (κ3) is 4.32. The highest BCUT2D eigenvalue weighted by Crippen LogP contribution is 2.23. The maximum absolute atomic E-state index is 13.8. The highest BCUT2D eigenvalue weighted by Gasteiger charge is 2.29. The van der Waals surface area contributed by atoms with Crippen molar-refractivity contribution >= 4 is 17.5 Å². The van der Waals surface area contributed by atoms with E-state index in [4.69, 9.17) is 0 Å². The molecule has 27 heavy (non-hydrogen) atoms. The molecule has 2 aromatic rings. The van der Waals surface area contributed by atoms with E-state index in [0.717, 1.165) is 28.9 Å².